The Morgan fingerprint density at radius 1 is 1.00 bits per heavy atom. The second kappa shape index (κ2) is 7.90. The Kier molecular flexibility index (Phi) is 5.40. The summed E-state index contributed by atoms with van der Waals surface area (Å²) in [6.07, 6.45) is 0.287. The molecule has 0 bridgehead atoms. The molecule has 0 saturated carbocycles. The molecule has 1 atom stereocenters. The third-order valence-electron chi connectivity index (χ3n) is 3.89. The van der Waals surface area contributed by atoms with Crippen LogP contribution in [0.25, 0.3) is 0 Å². The van der Waals surface area contributed by atoms with Crippen LogP contribution in [-0.2, 0) is 20.7 Å². The summed E-state index contributed by atoms with van der Waals surface area (Å²) in [5.41, 5.74) is 2.10. The SMILES string of the molecule is O=C(C1COCCO1)N(CCc1ccccc1)c1ccccc1. The maximum absolute atomic E-state index is 12.8. The van der Waals surface area contributed by atoms with Crippen molar-refractivity contribution in [2.24, 2.45) is 0 Å². The lowest BCUT2D eigenvalue weighted by Gasteiger charge is -2.29. The molecule has 3 rings (SSSR count). The van der Waals surface area contributed by atoms with Gasteiger partial charge in [0.15, 0.2) is 6.10 Å². The summed E-state index contributed by atoms with van der Waals surface area (Å²) in [5.74, 6) is -0.0353. The number of carbonyl (C=O) groups is 1. The smallest absolute Gasteiger partial charge is 0.258 e. The fourth-order valence-electron chi connectivity index (χ4n) is 2.66. The van der Waals surface area contributed by atoms with Crippen LogP contribution in [0.4, 0.5) is 5.69 Å². The Morgan fingerprint density at radius 3 is 2.35 bits per heavy atom. The van der Waals surface area contributed by atoms with Crippen LogP contribution in [0.15, 0.2) is 60.7 Å². The Morgan fingerprint density at radius 2 is 1.70 bits per heavy atom. The molecular weight excluding hydrogens is 290 g/mol. The summed E-state index contributed by atoms with van der Waals surface area (Å²) in [7, 11) is 0. The number of anilines is 1. The minimum atomic E-state index is -0.514. The highest BCUT2D eigenvalue weighted by molar-refractivity contribution is 5.96. The van der Waals surface area contributed by atoms with Crippen LogP contribution in [0.5, 0.6) is 0 Å². The summed E-state index contributed by atoms with van der Waals surface area (Å²) in [4.78, 5) is 14.6. The molecule has 2 aromatic rings. The van der Waals surface area contributed by atoms with E-state index in [0.29, 0.717) is 26.4 Å². The lowest BCUT2D eigenvalue weighted by Crippen LogP contribution is -2.46. The first-order valence-electron chi connectivity index (χ1n) is 7.94. The molecule has 0 aromatic heterocycles. The van der Waals surface area contributed by atoms with Crippen LogP contribution in [-0.4, -0.2) is 38.4 Å². The number of hydrogen-bond donors (Lipinski definition) is 0. The summed E-state index contributed by atoms with van der Waals surface area (Å²) in [5, 5.41) is 0. The first-order valence-corrected chi connectivity index (χ1v) is 7.94. The number of para-hydroxylation sites is 1. The number of nitrogens with zero attached hydrogens (tertiary/aromatic N) is 1. The predicted molar refractivity (Wildman–Crippen MR) is 89.5 cm³/mol. The second-order valence-corrected chi connectivity index (χ2v) is 5.50. The summed E-state index contributed by atoms with van der Waals surface area (Å²) in [6, 6.07) is 19.9. The van der Waals surface area contributed by atoms with Gasteiger partial charge < -0.3 is 14.4 Å². The zero-order valence-electron chi connectivity index (χ0n) is 13.1. The van der Waals surface area contributed by atoms with Gasteiger partial charge in [-0.15, -0.1) is 0 Å². The van der Waals surface area contributed by atoms with Crippen molar-refractivity contribution in [1.29, 1.82) is 0 Å². The number of ether oxygens (including phenoxy) is 2. The fourth-order valence-corrected chi connectivity index (χ4v) is 2.66. The highest BCUT2D eigenvalue weighted by Crippen LogP contribution is 2.17. The summed E-state index contributed by atoms with van der Waals surface area (Å²) < 4.78 is 11.0. The minimum absolute atomic E-state index is 0.0353. The van der Waals surface area contributed by atoms with E-state index in [2.05, 4.69) is 12.1 Å². The molecule has 2 aromatic carbocycles. The maximum atomic E-state index is 12.8. The molecular formula is C19H21NO3. The maximum Gasteiger partial charge on any atom is 0.258 e. The molecule has 1 saturated heterocycles. The third-order valence-corrected chi connectivity index (χ3v) is 3.89. The first kappa shape index (κ1) is 15.7. The molecule has 1 aliphatic rings. The topological polar surface area (TPSA) is 38.8 Å². The zero-order chi connectivity index (χ0) is 15.9. The van der Waals surface area contributed by atoms with Gasteiger partial charge in [0.1, 0.15) is 0 Å². The van der Waals surface area contributed by atoms with E-state index in [1.807, 2.05) is 48.5 Å². The molecule has 0 N–H and O–H groups in total. The zero-order valence-corrected chi connectivity index (χ0v) is 13.1. The van der Waals surface area contributed by atoms with Crippen molar-refractivity contribution in [1.82, 2.24) is 0 Å². The predicted octanol–water partition coefficient (Wildman–Crippen LogP) is 2.68. The molecule has 4 heteroatoms. The lowest BCUT2D eigenvalue weighted by molar-refractivity contribution is -0.144. The highest BCUT2D eigenvalue weighted by atomic mass is 16.6. The minimum Gasteiger partial charge on any atom is -0.376 e. The molecule has 1 amide bonds. The number of carbonyl (C=O) groups excluding carboxylic acids is 1. The summed E-state index contributed by atoms with van der Waals surface area (Å²) in [6.45, 7) is 1.97. The van der Waals surface area contributed by atoms with Crippen molar-refractivity contribution in [2.75, 3.05) is 31.3 Å². The monoisotopic (exact) mass is 311 g/mol. The average Bonchev–Trinajstić information content (AvgIpc) is 2.64. The third kappa shape index (κ3) is 4.18. The van der Waals surface area contributed by atoms with Crippen molar-refractivity contribution < 1.29 is 14.3 Å². The molecule has 1 unspecified atom stereocenters. The van der Waals surface area contributed by atoms with E-state index in [9.17, 15) is 4.79 Å². The van der Waals surface area contributed by atoms with Crippen LogP contribution in [0.1, 0.15) is 5.56 Å². The van der Waals surface area contributed by atoms with E-state index >= 15 is 0 Å². The Labute approximate surface area is 136 Å². The van der Waals surface area contributed by atoms with Crippen LogP contribution < -0.4 is 4.90 Å². The number of rotatable bonds is 5. The quantitative estimate of drug-likeness (QED) is 0.852. The molecule has 4 nitrogen and oxygen atoms in total. The van der Waals surface area contributed by atoms with E-state index in [0.717, 1.165) is 12.1 Å². The van der Waals surface area contributed by atoms with Crippen LogP contribution >= 0.6 is 0 Å². The van der Waals surface area contributed by atoms with Gasteiger partial charge in [-0.25, -0.2) is 0 Å². The normalized spacial score (nSPS) is 17.7. The van der Waals surface area contributed by atoms with Crippen molar-refractivity contribution in [3.8, 4) is 0 Å². The number of benzene rings is 2. The molecule has 23 heavy (non-hydrogen) atoms. The Hall–Kier alpha value is -2.17. The first-order chi connectivity index (χ1) is 11.3. The largest absolute Gasteiger partial charge is 0.376 e. The second-order valence-electron chi connectivity index (χ2n) is 5.50. The molecule has 120 valence electrons. The standard InChI is InChI=1S/C19H21NO3/c21-19(18-15-22-13-14-23-18)20(17-9-5-2-6-10-17)12-11-16-7-3-1-4-8-16/h1-10,18H,11-15H2. The van der Waals surface area contributed by atoms with Crippen molar-refractivity contribution >= 4 is 11.6 Å². The van der Waals surface area contributed by atoms with E-state index in [4.69, 9.17) is 9.47 Å². The molecule has 0 radical (unpaired) electrons. The highest BCUT2D eigenvalue weighted by Gasteiger charge is 2.28. The van der Waals surface area contributed by atoms with Gasteiger partial charge in [0.05, 0.1) is 19.8 Å². The Bertz CT molecular complexity index is 609. The van der Waals surface area contributed by atoms with E-state index in [1.54, 1.807) is 4.90 Å². The van der Waals surface area contributed by atoms with Crippen molar-refractivity contribution in [2.45, 2.75) is 12.5 Å². The van der Waals surface area contributed by atoms with Gasteiger partial charge in [-0.1, -0.05) is 48.5 Å². The molecule has 1 fully saturated rings. The molecule has 0 aliphatic carbocycles. The van der Waals surface area contributed by atoms with Gasteiger partial charge in [0, 0.05) is 12.2 Å². The van der Waals surface area contributed by atoms with Crippen LogP contribution in [0.3, 0.4) is 0 Å². The summed E-state index contributed by atoms with van der Waals surface area (Å²) >= 11 is 0. The van der Waals surface area contributed by atoms with Gasteiger partial charge in [0.25, 0.3) is 5.91 Å². The van der Waals surface area contributed by atoms with Gasteiger partial charge >= 0.3 is 0 Å². The molecule has 1 heterocycles. The number of hydrogen-bond acceptors (Lipinski definition) is 3. The van der Waals surface area contributed by atoms with Gasteiger partial charge in [-0.3, -0.25) is 4.79 Å². The fraction of sp³-hybridized carbons (Fsp3) is 0.316. The van der Waals surface area contributed by atoms with Crippen molar-refractivity contribution in [3.05, 3.63) is 66.2 Å². The van der Waals surface area contributed by atoms with Gasteiger partial charge in [-0.05, 0) is 24.1 Å². The van der Waals surface area contributed by atoms with E-state index in [-0.39, 0.29) is 5.91 Å². The van der Waals surface area contributed by atoms with Crippen LogP contribution in [0.2, 0.25) is 0 Å². The van der Waals surface area contributed by atoms with Crippen LogP contribution in [0, 0.1) is 0 Å². The average molecular weight is 311 g/mol. The number of amides is 1. The molecule has 0 spiro atoms. The van der Waals surface area contributed by atoms with Gasteiger partial charge in [0.2, 0.25) is 0 Å². The van der Waals surface area contributed by atoms with Gasteiger partial charge in [-0.2, -0.15) is 0 Å². The Balaban J connectivity index is 1.74. The van der Waals surface area contributed by atoms with E-state index in [1.165, 1.54) is 5.56 Å². The van der Waals surface area contributed by atoms with Crippen molar-refractivity contribution in [3.63, 3.8) is 0 Å². The lowest BCUT2D eigenvalue weighted by atomic mass is 10.1. The van der Waals surface area contributed by atoms with E-state index < -0.39 is 6.10 Å². The molecule has 1 aliphatic heterocycles.